The highest BCUT2D eigenvalue weighted by molar-refractivity contribution is 5.99. The van der Waals surface area contributed by atoms with E-state index in [2.05, 4.69) is 15.6 Å². The Labute approximate surface area is 150 Å². The molecule has 1 aromatic heterocycles. The van der Waals surface area contributed by atoms with Gasteiger partial charge in [-0.3, -0.25) is 14.6 Å². The molecule has 0 unspecified atom stereocenters. The zero-order valence-corrected chi connectivity index (χ0v) is 14.1. The van der Waals surface area contributed by atoms with E-state index >= 15 is 0 Å². The number of carbonyl (C=O) groups is 2. The van der Waals surface area contributed by atoms with Crippen LogP contribution < -0.4 is 10.6 Å². The number of para-hydroxylation sites is 1. The number of aliphatic hydroxyl groups excluding tert-OH is 1. The first kappa shape index (κ1) is 17.6. The number of amides is 2. The number of nitrogens with one attached hydrogen (secondary N) is 2. The Bertz CT molecular complexity index is 912. The van der Waals surface area contributed by atoms with Gasteiger partial charge >= 0.3 is 0 Å². The summed E-state index contributed by atoms with van der Waals surface area (Å²) in [5, 5.41) is 15.5. The third-order valence-corrected chi connectivity index (χ3v) is 3.97. The van der Waals surface area contributed by atoms with Crippen LogP contribution in [0.1, 0.15) is 15.9 Å². The molecule has 0 radical (unpaired) electrons. The molecule has 6 heteroatoms. The number of carbonyl (C=O) groups excluding carboxylic acids is 2. The second kappa shape index (κ2) is 8.22. The van der Waals surface area contributed by atoms with Gasteiger partial charge in [-0.05, 0) is 17.7 Å². The van der Waals surface area contributed by atoms with Crippen molar-refractivity contribution in [2.24, 2.45) is 0 Å². The van der Waals surface area contributed by atoms with Crippen LogP contribution in [0, 0.1) is 0 Å². The second-order valence-electron chi connectivity index (χ2n) is 5.83. The van der Waals surface area contributed by atoms with Crippen LogP contribution >= 0.6 is 0 Å². The van der Waals surface area contributed by atoms with E-state index in [9.17, 15) is 14.7 Å². The van der Waals surface area contributed by atoms with Gasteiger partial charge in [-0.1, -0.05) is 48.5 Å². The molecule has 0 aliphatic heterocycles. The average molecular weight is 349 g/mol. The minimum absolute atomic E-state index is 0.323. The molecule has 6 nitrogen and oxygen atoms in total. The standard InChI is InChI=1S/C20H19N3O3/c24-13-18(20(26)22-11-14-6-2-1-3-7-14)23-19(25)16-10-15-8-4-5-9-17(15)21-12-16/h1-10,12,18,24H,11,13H2,(H,22,26)(H,23,25)/t18-/m0/s1. The van der Waals surface area contributed by atoms with Crippen molar-refractivity contribution < 1.29 is 14.7 Å². The first-order valence-electron chi connectivity index (χ1n) is 8.25. The molecule has 2 amide bonds. The monoisotopic (exact) mass is 349 g/mol. The van der Waals surface area contributed by atoms with Gasteiger partial charge < -0.3 is 15.7 Å². The SMILES string of the molecule is O=C(N[C@@H](CO)C(=O)NCc1ccccc1)c1cnc2ccccc2c1. The molecule has 3 aromatic rings. The molecule has 26 heavy (non-hydrogen) atoms. The molecule has 0 saturated carbocycles. The molecule has 3 rings (SSSR count). The molecular weight excluding hydrogens is 330 g/mol. The summed E-state index contributed by atoms with van der Waals surface area (Å²) in [5.41, 5.74) is 2.05. The van der Waals surface area contributed by atoms with Crippen LogP contribution in [0.25, 0.3) is 10.9 Å². The van der Waals surface area contributed by atoms with Gasteiger partial charge in [0.15, 0.2) is 0 Å². The van der Waals surface area contributed by atoms with E-state index in [1.807, 2.05) is 54.6 Å². The molecule has 0 spiro atoms. The highest BCUT2D eigenvalue weighted by Crippen LogP contribution is 2.12. The van der Waals surface area contributed by atoms with Gasteiger partial charge in [0, 0.05) is 18.1 Å². The van der Waals surface area contributed by atoms with Gasteiger partial charge in [0.1, 0.15) is 6.04 Å². The fourth-order valence-electron chi connectivity index (χ4n) is 2.54. The van der Waals surface area contributed by atoms with Crippen LogP contribution in [0.4, 0.5) is 0 Å². The van der Waals surface area contributed by atoms with Gasteiger partial charge in [0.05, 0.1) is 17.7 Å². The Kier molecular flexibility index (Phi) is 5.56. The number of pyridine rings is 1. The Morgan fingerprint density at radius 1 is 1.04 bits per heavy atom. The van der Waals surface area contributed by atoms with Crippen molar-refractivity contribution >= 4 is 22.7 Å². The van der Waals surface area contributed by atoms with Crippen LogP contribution in [-0.2, 0) is 11.3 Å². The Balaban J connectivity index is 1.64. The van der Waals surface area contributed by atoms with Crippen LogP contribution in [0.3, 0.4) is 0 Å². The summed E-state index contributed by atoms with van der Waals surface area (Å²) < 4.78 is 0. The maximum absolute atomic E-state index is 12.4. The third-order valence-electron chi connectivity index (χ3n) is 3.97. The smallest absolute Gasteiger partial charge is 0.253 e. The second-order valence-corrected chi connectivity index (χ2v) is 5.83. The number of nitrogens with zero attached hydrogens (tertiary/aromatic N) is 1. The number of fused-ring (bicyclic) bond motifs is 1. The number of hydrogen-bond donors (Lipinski definition) is 3. The summed E-state index contributed by atoms with van der Waals surface area (Å²) in [6.45, 7) is -0.170. The van der Waals surface area contributed by atoms with Gasteiger partial charge in [0.2, 0.25) is 5.91 Å². The van der Waals surface area contributed by atoms with E-state index in [0.717, 1.165) is 16.5 Å². The highest BCUT2D eigenvalue weighted by Gasteiger charge is 2.20. The minimum atomic E-state index is -1.03. The highest BCUT2D eigenvalue weighted by atomic mass is 16.3. The summed E-state index contributed by atoms with van der Waals surface area (Å²) in [6, 6.07) is 17.5. The van der Waals surface area contributed by atoms with Gasteiger partial charge in [-0.25, -0.2) is 0 Å². The fraction of sp³-hybridized carbons (Fsp3) is 0.150. The molecule has 0 aliphatic rings. The summed E-state index contributed by atoms with van der Waals surface area (Å²) in [7, 11) is 0. The van der Waals surface area contributed by atoms with E-state index in [-0.39, 0.29) is 0 Å². The van der Waals surface area contributed by atoms with Crippen LogP contribution in [-0.4, -0.2) is 34.6 Å². The topological polar surface area (TPSA) is 91.3 Å². The molecule has 0 saturated heterocycles. The summed E-state index contributed by atoms with van der Waals surface area (Å²) in [6.07, 6.45) is 1.45. The van der Waals surface area contributed by atoms with Crippen molar-refractivity contribution in [2.75, 3.05) is 6.61 Å². The van der Waals surface area contributed by atoms with Crippen molar-refractivity contribution in [2.45, 2.75) is 12.6 Å². The molecule has 3 N–H and O–H groups in total. The van der Waals surface area contributed by atoms with Crippen molar-refractivity contribution in [3.63, 3.8) is 0 Å². The largest absolute Gasteiger partial charge is 0.394 e. The predicted molar refractivity (Wildman–Crippen MR) is 98.4 cm³/mol. The first-order chi connectivity index (χ1) is 12.7. The number of hydrogen-bond acceptors (Lipinski definition) is 4. The average Bonchev–Trinajstić information content (AvgIpc) is 2.70. The quantitative estimate of drug-likeness (QED) is 0.631. The maximum atomic E-state index is 12.4. The van der Waals surface area contributed by atoms with Crippen molar-refractivity contribution in [1.29, 1.82) is 0 Å². The van der Waals surface area contributed by atoms with E-state index in [0.29, 0.717) is 12.1 Å². The Hall–Kier alpha value is -3.25. The van der Waals surface area contributed by atoms with Crippen LogP contribution in [0.2, 0.25) is 0 Å². The fourth-order valence-corrected chi connectivity index (χ4v) is 2.54. The lowest BCUT2D eigenvalue weighted by atomic mass is 10.1. The van der Waals surface area contributed by atoms with Crippen LogP contribution in [0.5, 0.6) is 0 Å². The molecule has 0 fully saturated rings. The van der Waals surface area contributed by atoms with Crippen molar-refractivity contribution in [3.8, 4) is 0 Å². The lowest BCUT2D eigenvalue weighted by Gasteiger charge is -2.16. The Morgan fingerprint density at radius 3 is 2.54 bits per heavy atom. The molecule has 1 heterocycles. The van der Waals surface area contributed by atoms with Crippen molar-refractivity contribution in [1.82, 2.24) is 15.6 Å². The molecule has 132 valence electrons. The van der Waals surface area contributed by atoms with E-state index in [4.69, 9.17) is 0 Å². The molecule has 0 bridgehead atoms. The van der Waals surface area contributed by atoms with Gasteiger partial charge in [-0.2, -0.15) is 0 Å². The van der Waals surface area contributed by atoms with Gasteiger partial charge in [-0.15, -0.1) is 0 Å². The number of aromatic nitrogens is 1. The zero-order valence-electron chi connectivity index (χ0n) is 14.1. The number of rotatable bonds is 6. The van der Waals surface area contributed by atoms with Crippen molar-refractivity contribution in [3.05, 3.63) is 78.0 Å². The zero-order chi connectivity index (χ0) is 18.4. The van der Waals surface area contributed by atoms with E-state index in [1.165, 1.54) is 6.20 Å². The maximum Gasteiger partial charge on any atom is 0.253 e. The molecule has 1 atom stereocenters. The molecule has 2 aromatic carbocycles. The molecule has 0 aliphatic carbocycles. The summed E-state index contributed by atoms with van der Waals surface area (Å²) >= 11 is 0. The first-order valence-corrected chi connectivity index (χ1v) is 8.25. The third kappa shape index (κ3) is 4.23. The summed E-state index contributed by atoms with van der Waals surface area (Å²) in [4.78, 5) is 28.9. The Morgan fingerprint density at radius 2 is 1.77 bits per heavy atom. The lowest BCUT2D eigenvalue weighted by Crippen LogP contribution is -2.48. The number of benzene rings is 2. The lowest BCUT2D eigenvalue weighted by molar-refractivity contribution is -0.124. The van der Waals surface area contributed by atoms with Crippen LogP contribution in [0.15, 0.2) is 66.9 Å². The van der Waals surface area contributed by atoms with E-state index < -0.39 is 24.5 Å². The van der Waals surface area contributed by atoms with Gasteiger partial charge in [0.25, 0.3) is 5.91 Å². The summed E-state index contributed by atoms with van der Waals surface area (Å²) in [5.74, 6) is -0.907. The number of aliphatic hydroxyl groups is 1. The normalized spacial score (nSPS) is 11.7. The minimum Gasteiger partial charge on any atom is -0.394 e. The molecular formula is C20H19N3O3. The predicted octanol–water partition coefficient (Wildman–Crippen LogP) is 1.64. The van der Waals surface area contributed by atoms with E-state index in [1.54, 1.807) is 6.07 Å².